The highest BCUT2D eigenvalue weighted by molar-refractivity contribution is 6.04. The molecule has 25 heavy (non-hydrogen) atoms. The Labute approximate surface area is 147 Å². The number of aromatic nitrogens is 2. The molecule has 1 atom stereocenters. The molecule has 1 aromatic heterocycles. The predicted molar refractivity (Wildman–Crippen MR) is 97.0 cm³/mol. The van der Waals surface area contributed by atoms with E-state index in [0.29, 0.717) is 11.4 Å². The molecule has 0 fully saturated rings. The Hall–Kier alpha value is -2.70. The molecule has 7 heteroatoms. The van der Waals surface area contributed by atoms with Gasteiger partial charge in [-0.2, -0.15) is 5.10 Å². The minimum absolute atomic E-state index is 0.0458. The zero-order valence-corrected chi connectivity index (χ0v) is 15.2. The summed E-state index contributed by atoms with van der Waals surface area (Å²) in [6.45, 7) is 9.75. The lowest BCUT2D eigenvalue weighted by molar-refractivity contribution is -0.386. The minimum Gasteiger partial charge on any atom is -0.307 e. The molecule has 134 valence electrons. The van der Waals surface area contributed by atoms with Gasteiger partial charge in [0.2, 0.25) is 0 Å². The van der Waals surface area contributed by atoms with Crippen LogP contribution >= 0.6 is 0 Å². The Kier molecular flexibility index (Phi) is 5.25. The summed E-state index contributed by atoms with van der Waals surface area (Å²) in [5.74, 6) is 0.176. The summed E-state index contributed by atoms with van der Waals surface area (Å²) in [7, 11) is 0. The smallest absolute Gasteiger partial charge is 0.273 e. The third kappa shape index (κ3) is 4.04. The molecular weight excluding hydrogens is 320 g/mol. The first kappa shape index (κ1) is 18.6. The molecule has 2 aromatic rings. The van der Waals surface area contributed by atoms with E-state index in [2.05, 4.69) is 10.4 Å². The van der Waals surface area contributed by atoms with Crippen LogP contribution in [0.2, 0.25) is 0 Å². The van der Waals surface area contributed by atoms with Crippen molar-refractivity contribution in [1.82, 2.24) is 9.78 Å². The van der Waals surface area contributed by atoms with Crippen molar-refractivity contribution in [2.24, 2.45) is 0 Å². The van der Waals surface area contributed by atoms with Crippen LogP contribution in [0.5, 0.6) is 0 Å². The average Bonchev–Trinajstić information content (AvgIpc) is 3.00. The van der Waals surface area contributed by atoms with Crippen molar-refractivity contribution < 1.29 is 9.72 Å². The van der Waals surface area contributed by atoms with E-state index in [1.165, 1.54) is 6.07 Å². The first-order valence-electron chi connectivity index (χ1n) is 8.29. The van der Waals surface area contributed by atoms with Crippen molar-refractivity contribution in [3.8, 4) is 0 Å². The van der Waals surface area contributed by atoms with Crippen molar-refractivity contribution in [2.75, 3.05) is 5.32 Å². The van der Waals surface area contributed by atoms with Crippen LogP contribution in [0.4, 0.5) is 11.5 Å². The Morgan fingerprint density at radius 1 is 1.36 bits per heavy atom. The summed E-state index contributed by atoms with van der Waals surface area (Å²) in [4.78, 5) is 23.5. The second-order valence-corrected chi connectivity index (χ2v) is 7.11. The van der Waals surface area contributed by atoms with Crippen LogP contribution in [0.3, 0.4) is 0 Å². The Balaban J connectivity index is 2.33. The summed E-state index contributed by atoms with van der Waals surface area (Å²) in [6.07, 6.45) is 2.49. The van der Waals surface area contributed by atoms with E-state index in [-0.39, 0.29) is 22.7 Å². The third-order valence-electron chi connectivity index (χ3n) is 4.18. The number of hydrogen-bond donors (Lipinski definition) is 1. The molecule has 0 saturated heterocycles. The van der Waals surface area contributed by atoms with Crippen LogP contribution in [0.1, 0.15) is 63.0 Å². The van der Waals surface area contributed by atoms with Gasteiger partial charge in [-0.05, 0) is 24.8 Å². The topological polar surface area (TPSA) is 90.1 Å². The van der Waals surface area contributed by atoms with Gasteiger partial charge in [0, 0.05) is 23.3 Å². The minimum atomic E-state index is -0.444. The highest BCUT2D eigenvalue weighted by Crippen LogP contribution is 2.32. The molecular formula is C18H24N4O3. The van der Waals surface area contributed by atoms with Crippen LogP contribution in [0.25, 0.3) is 0 Å². The summed E-state index contributed by atoms with van der Waals surface area (Å²) in [5.41, 5.74) is 0.415. The van der Waals surface area contributed by atoms with Gasteiger partial charge in [0.15, 0.2) is 0 Å². The fourth-order valence-electron chi connectivity index (χ4n) is 2.58. The zero-order chi connectivity index (χ0) is 18.8. The van der Waals surface area contributed by atoms with E-state index in [1.807, 2.05) is 34.6 Å². The summed E-state index contributed by atoms with van der Waals surface area (Å²) in [5, 5.41) is 18.4. The van der Waals surface area contributed by atoms with Gasteiger partial charge in [-0.3, -0.25) is 14.9 Å². The molecule has 1 amide bonds. The van der Waals surface area contributed by atoms with Crippen LogP contribution < -0.4 is 5.32 Å². The number of nitrogens with zero attached hydrogens (tertiary/aromatic N) is 3. The largest absolute Gasteiger partial charge is 0.307 e. The van der Waals surface area contributed by atoms with E-state index < -0.39 is 10.8 Å². The van der Waals surface area contributed by atoms with Crippen molar-refractivity contribution in [2.45, 2.75) is 52.5 Å². The second-order valence-electron chi connectivity index (χ2n) is 7.11. The highest BCUT2D eigenvalue weighted by atomic mass is 16.6. The quantitative estimate of drug-likeness (QED) is 0.646. The van der Waals surface area contributed by atoms with Crippen LogP contribution in [-0.4, -0.2) is 20.6 Å². The van der Waals surface area contributed by atoms with Crippen LogP contribution in [-0.2, 0) is 5.41 Å². The standard InChI is InChI=1S/C18H24N4O3/c1-6-12(2)21-16(9-10-19-21)20-17(23)13-7-8-14(18(3,4)5)15(11-13)22(24)25/h7-12H,6H2,1-5H3,(H,20,23). The highest BCUT2D eigenvalue weighted by Gasteiger charge is 2.26. The molecule has 0 radical (unpaired) electrons. The Bertz CT molecular complexity index is 790. The van der Waals surface area contributed by atoms with E-state index >= 15 is 0 Å². The second kappa shape index (κ2) is 7.04. The van der Waals surface area contributed by atoms with Crippen molar-refractivity contribution in [3.05, 3.63) is 51.7 Å². The number of carbonyl (C=O) groups excluding carboxylic acids is 1. The third-order valence-corrected chi connectivity index (χ3v) is 4.18. The fourth-order valence-corrected chi connectivity index (χ4v) is 2.58. The maximum atomic E-state index is 12.5. The van der Waals surface area contributed by atoms with Gasteiger partial charge in [-0.1, -0.05) is 33.8 Å². The molecule has 1 N–H and O–H groups in total. The normalized spacial score (nSPS) is 12.7. The molecule has 1 aromatic carbocycles. The molecule has 0 spiro atoms. The van der Waals surface area contributed by atoms with Crippen LogP contribution in [0.15, 0.2) is 30.5 Å². The maximum Gasteiger partial charge on any atom is 0.273 e. The monoisotopic (exact) mass is 344 g/mol. The van der Waals surface area contributed by atoms with E-state index in [9.17, 15) is 14.9 Å². The Morgan fingerprint density at radius 2 is 2.04 bits per heavy atom. The number of anilines is 1. The predicted octanol–water partition coefficient (Wildman–Crippen LogP) is 4.31. The van der Waals surface area contributed by atoms with Gasteiger partial charge < -0.3 is 5.32 Å². The maximum absolute atomic E-state index is 12.5. The number of nitro benzene ring substituents is 1. The lowest BCUT2D eigenvalue weighted by Gasteiger charge is -2.19. The molecule has 0 aliphatic carbocycles. The molecule has 1 unspecified atom stereocenters. The van der Waals surface area contributed by atoms with Crippen LogP contribution in [0, 0.1) is 10.1 Å². The van der Waals surface area contributed by atoms with Gasteiger partial charge in [0.1, 0.15) is 5.82 Å². The number of amides is 1. The van der Waals surface area contributed by atoms with Gasteiger partial charge >= 0.3 is 0 Å². The zero-order valence-electron chi connectivity index (χ0n) is 15.2. The molecule has 1 heterocycles. The van der Waals surface area contributed by atoms with E-state index in [1.54, 1.807) is 29.1 Å². The fraction of sp³-hybridized carbons (Fsp3) is 0.444. The lowest BCUT2D eigenvalue weighted by atomic mass is 9.85. The molecule has 0 aliphatic rings. The number of nitrogens with one attached hydrogen (secondary N) is 1. The number of rotatable bonds is 5. The van der Waals surface area contributed by atoms with Gasteiger partial charge in [0.05, 0.1) is 17.2 Å². The summed E-state index contributed by atoms with van der Waals surface area (Å²) in [6, 6.07) is 6.45. The molecule has 0 bridgehead atoms. The lowest BCUT2D eigenvalue weighted by Crippen LogP contribution is -2.19. The van der Waals surface area contributed by atoms with Gasteiger partial charge in [-0.25, -0.2) is 4.68 Å². The Morgan fingerprint density at radius 3 is 2.60 bits per heavy atom. The molecule has 2 rings (SSSR count). The number of benzene rings is 1. The van der Waals surface area contributed by atoms with Crippen molar-refractivity contribution in [3.63, 3.8) is 0 Å². The first-order valence-corrected chi connectivity index (χ1v) is 8.29. The molecule has 0 aliphatic heterocycles. The number of hydrogen-bond acceptors (Lipinski definition) is 4. The first-order chi connectivity index (χ1) is 11.6. The van der Waals surface area contributed by atoms with E-state index in [0.717, 1.165) is 6.42 Å². The van der Waals surface area contributed by atoms with Gasteiger partial charge in [-0.15, -0.1) is 0 Å². The van der Waals surface area contributed by atoms with Gasteiger partial charge in [0.25, 0.3) is 11.6 Å². The average molecular weight is 344 g/mol. The number of carbonyl (C=O) groups is 1. The molecule has 7 nitrogen and oxygen atoms in total. The SMILES string of the molecule is CCC(C)n1nccc1NC(=O)c1ccc(C(C)(C)C)c([N+](=O)[O-])c1. The van der Waals surface area contributed by atoms with Crippen molar-refractivity contribution >= 4 is 17.4 Å². The summed E-state index contributed by atoms with van der Waals surface area (Å²) < 4.78 is 1.73. The van der Waals surface area contributed by atoms with Crippen molar-refractivity contribution in [1.29, 1.82) is 0 Å². The molecule has 0 saturated carbocycles. The summed E-state index contributed by atoms with van der Waals surface area (Å²) >= 11 is 0. The van der Waals surface area contributed by atoms with E-state index in [4.69, 9.17) is 0 Å². The number of nitro groups is 1.